The maximum Gasteiger partial charge on any atom is 0.354 e. The minimum atomic E-state index is -0.957. The largest absolute Gasteiger partial charge is 0.477 e. The molecular weight excluding hydrogens is 216 g/mol. The molecule has 2 aromatic rings. The van der Waals surface area contributed by atoms with E-state index in [-0.39, 0.29) is 5.69 Å². The van der Waals surface area contributed by atoms with Gasteiger partial charge >= 0.3 is 5.97 Å². The average molecular weight is 230 g/mol. The highest BCUT2D eigenvalue weighted by Gasteiger charge is 2.18. The van der Waals surface area contributed by atoms with Crippen LogP contribution in [0.5, 0.6) is 0 Å². The molecule has 0 saturated heterocycles. The van der Waals surface area contributed by atoms with Crippen LogP contribution in [0, 0.1) is 13.8 Å². The normalized spacial score (nSPS) is 10.5. The molecule has 0 aliphatic rings. The minimum absolute atomic E-state index is 0.221. The predicted molar refractivity (Wildman–Crippen MR) is 65.1 cm³/mol. The van der Waals surface area contributed by atoms with Gasteiger partial charge in [0.05, 0.1) is 6.33 Å². The number of hydrogen-bond acceptors (Lipinski definition) is 2. The van der Waals surface area contributed by atoms with Gasteiger partial charge in [0.1, 0.15) is 5.69 Å². The van der Waals surface area contributed by atoms with Gasteiger partial charge in [0, 0.05) is 12.6 Å². The molecule has 0 fully saturated rings. The summed E-state index contributed by atoms with van der Waals surface area (Å²) < 4.78 is 1.53. The smallest absolute Gasteiger partial charge is 0.354 e. The van der Waals surface area contributed by atoms with Crippen molar-refractivity contribution in [3.8, 4) is 11.3 Å². The Morgan fingerprint density at radius 1 is 1.35 bits per heavy atom. The topological polar surface area (TPSA) is 55.1 Å². The van der Waals surface area contributed by atoms with Crippen molar-refractivity contribution in [3.05, 3.63) is 41.3 Å². The van der Waals surface area contributed by atoms with Gasteiger partial charge in [-0.2, -0.15) is 0 Å². The molecule has 1 aromatic heterocycles. The van der Waals surface area contributed by atoms with E-state index in [0.717, 1.165) is 16.7 Å². The fraction of sp³-hybridized carbons (Fsp3) is 0.231. The Labute approximate surface area is 99.5 Å². The molecule has 0 spiro atoms. The number of aromatic nitrogens is 2. The Bertz CT molecular complexity index is 585. The van der Waals surface area contributed by atoms with Crippen molar-refractivity contribution < 1.29 is 9.90 Å². The third-order valence-corrected chi connectivity index (χ3v) is 2.79. The number of aryl methyl sites for hydroxylation is 3. The summed E-state index contributed by atoms with van der Waals surface area (Å²) in [5, 5.41) is 9.20. The van der Waals surface area contributed by atoms with Crippen molar-refractivity contribution in [1.29, 1.82) is 0 Å². The van der Waals surface area contributed by atoms with Crippen LogP contribution in [0.15, 0.2) is 24.5 Å². The summed E-state index contributed by atoms with van der Waals surface area (Å²) in [7, 11) is 1.69. The molecular formula is C13H14N2O2. The number of benzene rings is 1. The van der Waals surface area contributed by atoms with Crippen molar-refractivity contribution >= 4 is 5.97 Å². The van der Waals surface area contributed by atoms with Crippen LogP contribution < -0.4 is 0 Å². The van der Waals surface area contributed by atoms with Gasteiger partial charge in [-0.3, -0.25) is 0 Å². The summed E-state index contributed by atoms with van der Waals surface area (Å²) in [6.07, 6.45) is 1.53. The van der Waals surface area contributed by atoms with E-state index in [0.29, 0.717) is 5.69 Å². The maximum atomic E-state index is 11.2. The molecule has 1 heterocycles. The fourth-order valence-corrected chi connectivity index (χ4v) is 1.87. The Morgan fingerprint density at radius 2 is 2.06 bits per heavy atom. The lowest BCUT2D eigenvalue weighted by atomic mass is 10.0. The quantitative estimate of drug-likeness (QED) is 0.861. The van der Waals surface area contributed by atoms with Crippen LogP contribution in [0.4, 0.5) is 0 Å². The third kappa shape index (κ3) is 1.93. The number of rotatable bonds is 2. The molecule has 0 saturated carbocycles. The van der Waals surface area contributed by atoms with E-state index < -0.39 is 5.97 Å². The highest BCUT2D eigenvalue weighted by Crippen LogP contribution is 2.26. The average Bonchev–Trinajstić information content (AvgIpc) is 2.64. The Kier molecular flexibility index (Phi) is 2.71. The molecule has 1 N–H and O–H groups in total. The van der Waals surface area contributed by atoms with E-state index in [4.69, 9.17) is 0 Å². The number of aromatic carboxylic acids is 1. The van der Waals surface area contributed by atoms with Crippen molar-refractivity contribution in [2.45, 2.75) is 13.8 Å². The highest BCUT2D eigenvalue weighted by molar-refractivity contribution is 5.93. The van der Waals surface area contributed by atoms with Crippen LogP contribution in [-0.2, 0) is 7.05 Å². The van der Waals surface area contributed by atoms with E-state index >= 15 is 0 Å². The lowest BCUT2D eigenvalue weighted by Crippen LogP contribution is -2.05. The van der Waals surface area contributed by atoms with E-state index in [1.807, 2.05) is 32.0 Å². The maximum absolute atomic E-state index is 11.2. The van der Waals surface area contributed by atoms with E-state index in [9.17, 15) is 9.90 Å². The van der Waals surface area contributed by atoms with Crippen molar-refractivity contribution in [1.82, 2.24) is 9.55 Å². The first kappa shape index (κ1) is 11.4. The first-order chi connectivity index (χ1) is 8.00. The van der Waals surface area contributed by atoms with Crippen LogP contribution in [0.25, 0.3) is 11.3 Å². The molecule has 4 heteroatoms. The molecule has 88 valence electrons. The van der Waals surface area contributed by atoms with Crippen LogP contribution in [0.2, 0.25) is 0 Å². The number of imidazole rings is 1. The number of carbonyl (C=O) groups is 1. The summed E-state index contributed by atoms with van der Waals surface area (Å²) in [6, 6.07) is 5.94. The Balaban J connectivity index is 2.68. The van der Waals surface area contributed by atoms with Gasteiger partial charge in [0.25, 0.3) is 0 Å². The predicted octanol–water partition coefficient (Wildman–Crippen LogP) is 2.40. The minimum Gasteiger partial charge on any atom is -0.477 e. The summed E-state index contributed by atoms with van der Waals surface area (Å²) in [6.45, 7) is 3.93. The molecule has 0 amide bonds. The molecule has 17 heavy (non-hydrogen) atoms. The molecule has 1 aromatic carbocycles. The van der Waals surface area contributed by atoms with Gasteiger partial charge < -0.3 is 9.67 Å². The molecule has 0 radical (unpaired) electrons. The van der Waals surface area contributed by atoms with Crippen molar-refractivity contribution in [2.75, 3.05) is 0 Å². The van der Waals surface area contributed by atoms with E-state index in [2.05, 4.69) is 4.98 Å². The molecule has 2 rings (SSSR count). The first-order valence-electron chi connectivity index (χ1n) is 5.33. The highest BCUT2D eigenvalue weighted by atomic mass is 16.4. The van der Waals surface area contributed by atoms with E-state index in [1.54, 1.807) is 7.05 Å². The second kappa shape index (κ2) is 4.05. The Morgan fingerprint density at radius 3 is 2.71 bits per heavy atom. The molecule has 0 bridgehead atoms. The monoisotopic (exact) mass is 230 g/mol. The summed E-state index contributed by atoms with van der Waals surface area (Å²) in [5.41, 5.74) is 3.74. The molecule has 0 aliphatic heterocycles. The fourth-order valence-electron chi connectivity index (χ4n) is 1.87. The van der Waals surface area contributed by atoms with Crippen LogP contribution >= 0.6 is 0 Å². The number of nitrogens with zero attached hydrogens (tertiary/aromatic N) is 2. The number of carboxylic acid groups (broad SMARTS) is 1. The zero-order chi connectivity index (χ0) is 12.6. The summed E-state index contributed by atoms with van der Waals surface area (Å²) in [5.74, 6) is -0.957. The van der Waals surface area contributed by atoms with Crippen LogP contribution in [-0.4, -0.2) is 20.6 Å². The van der Waals surface area contributed by atoms with Crippen molar-refractivity contribution in [3.63, 3.8) is 0 Å². The molecule has 4 nitrogen and oxygen atoms in total. The lowest BCUT2D eigenvalue weighted by Gasteiger charge is -2.06. The molecule has 0 atom stereocenters. The third-order valence-electron chi connectivity index (χ3n) is 2.79. The SMILES string of the molecule is Cc1ccc(C)c(-c2ncn(C)c2C(=O)O)c1. The molecule has 0 aliphatic carbocycles. The second-order valence-corrected chi connectivity index (χ2v) is 4.18. The molecule has 0 unspecified atom stereocenters. The van der Waals surface area contributed by atoms with Gasteiger partial charge in [0.2, 0.25) is 0 Å². The van der Waals surface area contributed by atoms with Crippen LogP contribution in [0.3, 0.4) is 0 Å². The van der Waals surface area contributed by atoms with Gasteiger partial charge in [-0.15, -0.1) is 0 Å². The van der Waals surface area contributed by atoms with Crippen LogP contribution in [0.1, 0.15) is 21.6 Å². The number of carboxylic acids is 1. The zero-order valence-electron chi connectivity index (χ0n) is 10.1. The summed E-state index contributed by atoms with van der Waals surface area (Å²) in [4.78, 5) is 15.4. The van der Waals surface area contributed by atoms with Gasteiger partial charge in [-0.05, 0) is 25.5 Å². The van der Waals surface area contributed by atoms with Gasteiger partial charge in [0.15, 0.2) is 5.69 Å². The standard InChI is InChI=1S/C13H14N2O2/c1-8-4-5-9(2)10(6-8)11-12(13(16)17)15(3)7-14-11/h4-7H,1-3H3,(H,16,17). The van der Waals surface area contributed by atoms with Gasteiger partial charge in [-0.25, -0.2) is 9.78 Å². The first-order valence-corrected chi connectivity index (χ1v) is 5.33. The van der Waals surface area contributed by atoms with E-state index in [1.165, 1.54) is 10.9 Å². The lowest BCUT2D eigenvalue weighted by molar-refractivity contribution is 0.0687. The van der Waals surface area contributed by atoms with Crippen molar-refractivity contribution in [2.24, 2.45) is 7.05 Å². The Hall–Kier alpha value is -2.10. The summed E-state index contributed by atoms with van der Waals surface area (Å²) >= 11 is 0. The van der Waals surface area contributed by atoms with Gasteiger partial charge in [-0.1, -0.05) is 17.7 Å². The second-order valence-electron chi connectivity index (χ2n) is 4.18. The zero-order valence-corrected chi connectivity index (χ0v) is 10.1. The number of hydrogen-bond donors (Lipinski definition) is 1.